The van der Waals surface area contributed by atoms with Crippen LogP contribution < -0.4 is 5.32 Å². The Kier molecular flexibility index (Phi) is 4.88. The van der Waals surface area contributed by atoms with Crippen LogP contribution in [0.25, 0.3) is 0 Å². The van der Waals surface area contributed by atoms with Gasteiger partial charge in [-0.3, -0.25) is 4.79 Å². The van der Waals surface area contributed by atoms with E-state index < -0.39 is 0 Å². The minimum atomic E-state index is 0.0558. The molecule has 1 N–H and O–H groups in total. The second-order valence-electron chi connectivity index (χ2n) is 7.01. The largest absolute Gasteiger partial charge is 0.338 e. The van der Waals surface area contributed by atoms with Crippen molar-refractivity contribution in [2.45, 2.75) is 77.9 Å². The molecule has 1 heterocycles. The number of carbonyl (C=O) groups is 1. The summed E-state index contributed by atoms with van der Waals surface area (Å²) in [5.41, 5.74) is 0. The molecule has 3 heteroatoms. The Morgan fingerprint density at radius 2 is 1.95 bits per heavy atom. The molecule has 1 saturated carbocycles. The van der Waals surface area contributed by atoms with E-state index >= 15 is 0 Å². The number of piperidine rings is 1. The van der Waals surface area contributed by atoms with Gasteiger partial charge < -0.3 is 10.2 Å². The normalized spacial score (nSPS) is 36.9. The summed E-state index contributed by atoms with van der Waals surface area (Å²) >= 11 is 0. The summed E-state index contributed by atoms with van der Waals surface area (Å²) in [5.74, 6) is 1.84. The molecule has 19 heavy (non-hydrogen) atoms. The average Bonchev–Trinajstić information content (AvgIpc) is 2.32. The maximum atomic E-state index is 12.7. The van der Waals surface area contributed by atoms with E-state index in [4.69, 9.17) is 0 Å². The predicted molar refractivity (Wildman–Crippen MR) is 79.0 cm³/mol. The Balaban J connectivity index is 2.01. The number of likely N-dealkylation sites (tertiary alicyclic amines) is 1. The second kappa shape index (κ2) is 6.25. The first-order valence-electron chi connectivity index (χ1n) is 8.05. The molecule has 0 radical (unpaired) electrons. The van der Waals surface area contributed by atoms with Crippen LogP contribution in [0.1, 0.15) is 59.8 Å². The summed E-state index contributed by atoms with van der Waals surface area (Å²) in [7, 11) is 0. The third kappa shape index (κ3) is 3.50. The lowest BCUT2D eigenvalue weighted by Gasteiger charge is -2.44. The van der Waals surface area contributed by atoms with Crippen LogP contribution in [0.3, 0.4) is 0 Å². The van der Waals surface area contributed by atoms with E-state index in [9.17, 15) is 4.79 Å². The minimum absolute atomic E-state index is 0.0558. The number of hydrogen-bond donors (Lipinski definition) is 1. The van der Waals surface area contributed by atoms with E-state index in [1.165, 1.54) is 19.3 Å². The molecule has 4 unspecified atom stereocenters. The van der Waals surface area contributed by atoms with Gasteiger partial charge in [-0.25, -0.2) is 0 Å². The van der Waals surface area contributed by atoms with Crippen molar-refractivity contribution in [2.24, 2.45) is 11.8 Å². The first-order chi connectivity index (χ1) is 8.99. The van der Waals surface area contributed by atoms with Crippen molar-refractivity contribution in [2.75, 3.05) is 6.54 Å². The summed E-state index contributed by atoms with van der Waals surface area (Å²) in [6, 6.07) is 0.929. The third-order valence-corrected chi connectivity index (χ3v) is 4.79. The van der Waals surface area contributed by atoms with Crippen LogP contribution >= 0.6 is 0 Å². The van der Waals surface area contributed by atoms with Crippen LogP contribution in [0, 0.1) is 11.8 Å². The van der Waals surface area contributed by atoms with Gasteiger partial charge in [0, 0.05) is 18.6 Å². The van der Waals surface area contributed by atoms with Crippen LogP contribution in [0.2, 0.25) is 0 Å². The van der Waals surface area contributed by atoms with Crippen molar-refractivity contribution < 1.29 is 4.79 Å². The Morgan fingerprint density at radius 3 is 2.58 bits per heavy atom. The highest BCUT2D eigenvalue weighted by atomic mass is 16.2. The number of hydrogen-bond acceptors (Lipinski definition) is 2. The molecular weight excluding hydrogens is 236 g/mol. The van der Waals surface area contributed by atoms with Gasteiger partial charge in [-0.05, 0) is 43.9 Å². The van der Waals surface area contributed by atoms with Crippen molar-refractivity contribution in [3.05, 3.63) is 0 Å². The molecule has 0 aromatic rings. The number of carbonyl (C=O) groups excluding carboxylic acids is 1. The van der Waals surface area contributed by atoms with E-state index in [1.54, 1.807) is 0 Å². The smallest absolute Gasteiger partial charge is 0.239 e. The van der Waals surface area contributed by atoms with Gasteiger partial charge in [0.05, 0.1) is 6.04 Å². The molecule has 3 nitrogen and oxygen atoms in total. The van der Waals surface area contributed by atoms with Crippen molar-refractivity contribution in [3.8, 4) is 0 Å². The fourth-order valence-electron chi connectivity index (χ4n) is 3.90. The van der Waals surface area contributed by atoms with Crippen LogP contribution in [0.15, 0.2) is 0 Å². The van der Waals surface area contributed by atoms with Crippen LogP contribution in [-0.2, 0) is 4.79 Å². The Morgan fingerprint density at radius 1 is 1.21 bits per heavy atom. The van der Waals surface area contributed by atoms with Gasteiger partial charge in [0.1, 0.15) is 0 Å². The zero-order valence-corrected chi connectivity index (χ0v) is 13.0. The third-order valence-electron chi connectivity index (χ3n) is 4.79. The van der Waals surface area contributed by atoms with E-state index in [1.807, 2.05) is 0 Å². The molecule has 1 saturated heterocycles. The summed E-state index contributed by atoms with van der Waals surface area (Å²) in [6.45, 7) is 9.88. The SMILES string of the molecule is CC1CCC(N2CCCC(NC(C)C)C2=O)C(C)C1. The fourth-order valence-corrected chi connectivity index (χ4v) is 3.90. The monoisotopic (exact) mass is 266 g/mol. The molecule has 1 aliphatic heterocycles. The van der Waals surface area contributed by atoms with Crippen molar-refractivity contribution in [3.63, 3.8) is 0 Å². The standard InChI is InChI=1S/C16H30N2O/c1-11(2)17-14-6-5-9-18(16(14)19)15-8-7-12(3)10-13(15)4/h11-15,17H,5-10H2,1-4H3. The molecule has 2 rings (SSSR count). The summed E-state index contributed by atoms with van der Waals surface area (Å²) in [4.78, 5) is 14.8. The maximum absolute atomic E-state index is 12.7. The zero-order chi connectivity index (χ0) is 14.0. The van der Waals surface area contributed by atoms with E-state index in [0.29, 0.717) is 23.9 Å². The van der Waals surface area contributed by atoms with Crippen LogP contribution in [0.4, 0.5) is 0 Å². The Labute approximate surface area is 118 Å². The van der Waals surface area contributed by atoms with Crippen molar-refractivity contribution >= 4 is 5.91 Å². The van der Waals surface area contributed by atoms with Gasteiger partial charge in [0.25, 0.3) is 0 Å². The fraction of sp³-hybridized carbons (Fsp3) is 0.938. The molecule has 0 aromatic heterocycles. The molecule has 2 aliphatic rings. The lowest BCUT2D eigenvalue weighted by molar-refractivity contribution is -0.141. The van der Waals surface area contributed by atoms with Crippen molar-refractivity contribution in [1.82, 2.24) is 10.2 Å². The maximum Gasteiger partial charge on any atom is 0.239 e. The quantitative estimate of drug-likeness (QED) is 0.852. The zero-order valence-electron chi connectivity index (χ0n) is 13.0. The highest BCUT2D eigenvalue weighted by Gasteiger charge is 2.37. The van der Waals surface area contributed by atoms with Gasteiger partial charge in [-0.1, -0.05) is 27.7 Å². The molecule has 110 valence electrons. The highest BCUT2D eigenvalue weighted by Crippen LogP contribution is 2.33. The summed E-state index contributed by atoms with van der Waals surface area (Å²) < 4.78 is 0. The number of rotatable bonds is 3. The van der Waals surface area contributed by atoms with E-state index in [-0.39, 0.29) is 6.04 Å². The molecule has 0 aromatic carbocycles. The van der Waals surface area contributed by atoms with Crippen LogP contribution in [0.5, 0.6) is 0 Å². The average molecular weight is 266 g/mol. The van der Waals surface area contributed by atoms with Gasteiger partial charge in [0.2, 0.25) is 5.91 Å². The molecule has 0 bridgehead atoms. The molecule has 4 atom stereocenters. The predicted octanol–water partition coefficient (Wildman–Crippen LogP) is 2.80. The van der Waals surface area contributed by atoms with Gasteiger partial charge >= 0.3 is 0 Å². The first-order valence-corrected chi connectivity index (χ1v) is 8.05. The molecule has 1 amide bonds. The summed E-state index contributed by atoms with van der Waals surface area (Å²) in [5, 5.41) is 3.43. The van der Waals surface area contributed by atoms with Gasteiger partial charge in [0.15, 0.2) is 0 Å². The summed E-state index contributed by atoms with van der Waals surface area (Å²) in [6.07, 6.45) is 5.90. The number of amides is 1. The van der Waals surface area contributed by atoms with Gasteiger partial charge in [-0.2, -0.15) is 0 Å². The minimum Gasteiger partial charge on any atom is -0.338 e. The lowest BCUT2D eigenvalue weighted by Crippen LogP contribution is -2.57. The molecule has 1 aliphatic carbocycles. The van der Waals surface area contributed by atoms with Gasteiger partial charge in [-0.15, -0.1) is 0 Å². The number of nitrogens with zero attached hydrogens (tertiary/aromatic N) is 1. The molecular formula is C16H30N2O. The van der Waals surface area contributed by atoms with E-state index in [0.717, 1.165) is 25.3 Å². The topological polar surface area (TPSA) is 32.3 Å². The second-order valence-corrected chi connectivity index (χ2v) is 7.01. The Hall–Kier alpha value is -0.570. The molecule has 2 fully saturated rings. The van der Waals surface area contributed by atoms with Crippen molar-refractivity contribution in [1.29, 1.82) is 0 Å². The van der Waals surface area contributed by atoms with E-state index in [2.05, 4.69) is 37.9 Å². The first kappa shape index (κ1) is 14.8. The number of nitrogens with one attached hydrogen (secondary N) is 1. The van der Waals surface area contributed by atoms with Crippen LogP contribution in [-0.4, -0.2) is 35.5 Å². The lowest BCUT2D eigenvalue weighted by atomic mass is 9.78. The molecule has 0 spiro atoms. The Bertz CT molecular complexity index is 316. The highest BCUT2D eigenvalue weighted by molar-refractivity contribution is 5.83.